The smallest absolute Gasteiger partial charge is 0.255 e. The van der Waals surface area contributed by atoms with Crippen molar-refractivity contribution in [3.05, 3.63) is 135 Å². The summed E-state index contributed by atoms with van der Waals surface area (Å²) in [5.74, 6) is 1.08. The molecule has 6 rings (SSSR count). The average molecular weight is 612 g/mol. The van der Waals surface area contributed by atoms with E-state index in [0.717, 1.165) is 32.3 Å². The largest absolute Gasteiger partial charge is 0.494 e. The molecule has 0 saturated carbocycles. The Hall–Kier alpha value is -3.94. The highest BCUT2D eigenvalue weighted by Crippen LogP contribution is 2.47. The molecule has 2 aliphatic heterocycles. The van der Waals surface area contributed by atoms with Crippen LogP contribution in [0.15, 0.2) is 113 Å². The lowest BCUT2D eigenvalue weighted by Gasteiger charge is -2.33. The highest BCUT2D eigenvalue weighted by molar-refractivity contribution is 9.10. The van der Waals surface area contributed by atoms with Gasteiger partial charge in [-0.1, -0.05) is 88.7 Å². The van der Waals surface area contributed by atoms with Gasteiger partial charge in [0.25, 0.3) is 5.91 Å². The SMILES string of the molecule is O=C1N(Cc2ccccc2)Cc2ccccc2[C@H]2OC(c3ccc(OCCCO)cc3)=N[C@@]12Cc1ccccc1Br. The predicted molar refractivity (Wildman–Crippen MR) is 162 cm³/mol. The normalized spacial score (nSPS) is 19.6. The van der Waals surface area contributed by atoms with Crippen LogP contribution in [0.2, 0.25) is 0 Å². The van der Waals surface area contributed by atoms with Crippen molar-refractivity contribution in [2.75, 3.05) is 13.2 Å². The number of carbonyl (C=O) groups excluding carboxylic acids is 1. The Morgan fingerprint density at radius 2 is 1.68 bits per heavy atom. The lowest BCUT2D eigenvalue weighted by molar-refractivity contribution is -0.140. The van der Waals surface area contributed by atoms with Crippen molar-refractivity contribution in [1.82, 2.24) is 4.90 Å². The van der Waals surface area contributed by atoms with Crippen molar-refractivity contribution in [3.63, 3.8) is 0 Å². The van der Waals surface area contributed by atoms with E-state index in [9.17, 15) is 4.79 Å². The summed E-state index contributed by atoms with van der Waals surface area (Å²) in [6.45, 7) is 1.48. The molecular weight excluding hydrogens is 580 g/mol. The molecule has 0 bridgehead atoms. The summed E-state index contributed by atoms with van der Waals surface area (Å²) >= 11 is 3.71. The number of benzene rings is 4. The number of rotatable bonds is 9. The summed E-state index contributed by atoms with van der Waals surface area (Å²) < 4.78 is 13.3. The molecule has 2 heterocycles. The summed E-state index contributed by atoms with van der Waals surface area (Å²) in [6.07, 6.45) is 0.357. The summed E-state index contributed by atoms with van der Waals surface area (Å²) in [5, 5.41) is 9.05. The Labute approximate surface area is 248 Å². The number of carbonyl (C=O) groups is 1. The molecule has 4 aromatic carbocycles. The van der Waals surface area contributed by atoms with Crippen molar-refractivity contribution in [2.45, 2.75) is 37.6 Å². The maximum atomic E-state index is 14.8. The number of nitrogens with zero attached hydrogens (tertiary/aromatic N) is 2. The second-order valence-electron chi connectivity index (χ2n) is 10.4. The van der Waals surface area contributed by atoms with Crippen molar-refractivity contribution in [1.29, 1.82) is 0 Å². The molecule has 2 atom stereocenters. The highest BCUT2D eigenvalue weighted by atomic mass is 79.9. The number of aliphatic hydroxyl groups excluding tert-OH is 1. The molecule has 2 aliphatic rings. The number of fused-ring (bicyclic) bond motifs is 3. The van der Waals surface area contributed by atoms with Gasteiger partial charge in [0.15, 0.2) is 11.6 Å². The van der Waals surface area contributed by atoms with Crippen molar-refractivity contribution >= 4 is 27.7 Å². The molecule has 1 N–H and O–H groups in total. The van der Waals surface area contributed by atoms with Crippen LogP contribution in [0.25, 0.3) is 0 Å². The molecule has 0 fully saturated rings. The topological polar surface area (TPSA) is 71.4 Å². The van der Waals surface area contributed by atoms with Crippen LogP contribution < -0.4 is 4.74 Å². The van der Waals surface area contributed by atoms with Gasteiger partial charge in [-0.15, -0.1) is 0 Å². The van der Waals surface area contributed by atoms with Crippen LogP contribution in [-0.2, 0) is 29.0 Å². The Kier molecular flexibility index (Phi) is 7.90. The van der Waals surface area contributed by atoms with E-state index in [0.29, 0.717) is 44.2 Å². The summed E-state index contributed by atoms with van der Waals surface area (Å²) in [4.78, 5) is 21.9. The quantitative estimate of drug-likeness (QED) is 0.227. The van der Waals surface area contributed by atoms with Gasteiger partial charge in [-0.25, -0.2) is 4.99 Å². The van der Waals surface area contributed by atoms with Crippen molar-refractivity contribution < 1.29 is 19.4 Å². The molecule has 0 unspecified atom stereocenters. The zero-order chi connectivity index (χ0) is 28.2. The van der Waals surface area contributed by atoms with Gasteiger partial charge in [0.2, 0.25) is 5.90 Å². The molecule has 0 aliphatic carbocycles. The van der Waals surface area contributed by atoms with Crippen LogP contribution in [0.3, 0.4) is 0 Å². The third-order valence-electron chi connectivity index (χ3n) is 7.63. The van der Waals surface area contributed by atoms with Gasteiger partial charge in [-0.05, 0) is 47.0 Å². The number of hydrogen-bond donors (Lipinski definition) is 1. The van der Waals surface area contributed by atoms with Gasteiger partial charge in [0.05, 0.1) is 6.61 Å². The second-order valence-corrected chi connectivity index (χ2v) is 11.3. The zero-order valence-corrected chi connectivity index (χ0v) is 24.2. The van der Waals surface area contributed by atoms with E-state index in [4.69, 9.17) is 19.6 Å². The summed E-state index contributed by atoms with van der Waals surface area (Å²) in [6, 6.07) is 33.7. The van der Waals surface area contributed by atoms with E-state index in [1.54, 1.807) is 0 Å². The van der Waals surface area contributed by atoms with Gasteiger partial charge >= 0.3 is 0 Å². The Bertz CT molecular complexity index is 1560. The minimum atomic E-state index is -1.20. The molecule has 0 spiro atoms. The molecule has 0 radical (unpaired) electrons. The van der Waals surface area contributed by atoms with E-state index in [2.05, 4.69) is 28.1 Å². The molecule has 0 aromatic heterocycles. The van der Waals surface area contributed by atoms with Crippen LogP contribution in [0.5, 0.6) is 5.75 Å². The molecule has 4 aromatic rings. The first-order chi connectivity index (χ1) is 20.1. The maximum Gasteiger partial charge on any atom is 0.255 e. The van der Waals surface area contributed by atoms with Gasteiger partial charge in [-0.3, -0.25) is 4.79 Å². The van der Waals surface area contributed by atoms with Crippen LogP contribution >= 0.6 is 15.9 Å². The Balaban J connectivity index is 1.45. The van der Waals surface area contributed by atoms with Gasteiger partial charge in [0, 0.05) is 48.1 Å². The Morgan fingerprint density at radius 1 is 0.951 bits per heavy atom. The minimum absolute atomic E-state index is 0.0581. The second kappa shape index (κ2) is 11.9. The predicted octanol–water partition coefficient (Wildman–Crippen LogP) is 6.25. The molecule has 6 nitrogen and oxygen atoms in total. The van der Waals surface area contributed by atoms with Crippen LogP contribution in [0.4, 0.5) is 0 Å². The van der Waals surface area contributed by atoms with Crippen LogP contribution in [-0.4, -0.2) is 40.6 Å². The van der Waals surface area contributed by atoms with E-state index in [1.807, 2.05) is 95.9 Å². The monoisotopic (exact) mass is 610 g/mol. The average Bonchev–Trinajstić information content (AvgIpc) is 3.35. The lowest BCUT2D eigenvalue weighted by atomic mass is 9.81. The minimum Gasteiger partial charge on any atom is -0.494 e. The third kappa shape index (κ3) is 5.52. The number of amides is 1. The third-order valence-corrected chi connectivity index (χ3v) is 8.40. The molecule has 1 amide bonds. The number of aliphatic imine (C=N–C) groups is 1. The molecule has 41 heavy (non-hydrogen) atoms. The lowest BCUT2D eigenvalue weighted by Crippen LogP contribution is -2.49. The molecule has 0 saturated heterocycles. The van der Waals surface area contributed by atoms with E-state index in [1.165, 1.54) is 0 Å². The zero-order valence-electron chi connectivity index (χ0n) is 22.6. The molecule has 7 heteroatoms. The first kappa shape index (κ1) is 27.2. The fourth-order valence-electron chi connectivity index (χ4n) is 5.59. The summed E-state index contributed by atoms with van der Waals surface area (Å²) in [7, 11) is 0. The first-order valence-electron chi connectivity index (χ1n) is 13.8. The number of halogens is 1. The van der Waals surface area contributed by atoms with Crippen LogP contribution in [0.1, 0.15) is 40.3 Å². The first-order valence-corrected chi connectivity index (χ1v) is 14.6. The van der Waals surface area contributed by atoms with Gasteiger partial charge < -0.3 is 19.5 Å². The van der Waals surface area contributed by atoms with Crippen molar-refractivity contribution in [3.8, 4) is 5.75 Å². The van der Waals surface area contributed by atoms with Gasteiger partial charge in [0.1, 0.15) is 5.75 Å². The van der Waals surface area contributed by atoms with E-state index >= 15 is 0 Å². The molecular formula is C34H31BrN2O4. The number of aliphatic hydroxyl groups is 1. The highest BCUT2D eigenvalue weighted by Gasteiger charge is 2.56. The molecule has 208 valence electrons. The number of ether oxygens (including phenoxy) is 2. The van der Waals surface area contributed by atoms with Crippen molar-refractivity contribution in [2.24, 2.45) is 4.99 Å². The van der Waals surface area contributed by atoms with Gasteiger partial charge in [-0.2, -0.15) is 0 Å². The Morgan fingerprint density at radius 3 is 2.46 bits per heavy atom. The fourth-order valence-corrected chi connectivity index (χ4v) is 6.02. The van der Waals surface area contributed by atoms with E-state index < -0.39 is 11.6 Å². The number of hydrogen-bond acceptors (Lipinski definition) is 5. The fraction of sp³-hybridized carbons (Fsp3) is 0.235. The van der Waals surface area contributed by atoms with Crippen LogP contribution in [0, 0.1) is 0 Å². The summed E-state index contributed by atoms with van der Waals surface area (Å²) in [5.41, 5.74) is 3.67. The maximum absolute atomic E-state index is 14.8. The van der Waals surface area contributed by atoms with E-state index in [-0.39, 0.29) is 12.5 Å². The standard InChI is InChI=1S/C34H31BrN2O4/c35-30-14-7-5-11-26(30)21-34-31(41-32(36-34)25-15-17-28(18-16-25)40-20-8-19-38)29-13-6-4-12-27(29)23-37(33(34)39)22-24-9-2-1-3-10-24/h1-7,9-18,31,38H,8,19-23H2/t31-,34-/m1/s1.